The third kappa shape index (κ3) is 6.58. The van der Waals surface area contributed by atoms with Crippen LogP contribution in [0.1, 0.15) is 41.5 Å². The van der Waals surface area contributed by atoms with E-state index in [1.807, 2.05) is 57.2 Å². The molecule has 0 bridgehead atoms. The highest BCUT2D eigenvalue weighted by Crippen LogP contribution is 2.37. The number of thioether (sulfide) groups is 1. The summed E-state index contributed by atoms with van der Waals surface area (Å²) in [5.41, 5.74) is 6.29. The SMILES string of the molecule is CC(C)(C)N(C(=O)O)[C@H](CO[Si](c1ccccc1)(c1ccccc1)C(C)(C)C)CSc1ccccc1N. The van der Waals surface area contributed by atoms with Crippen molar-refractivity contribution in [2.75, 3.05) is 18.1 Å². The number of hydrogen-bond acceptors (Lipinski definition) is 4. The van der Waals surface area contributed by atoms with E-state index < -0.39 is 19.9 Å². The van der Waals surface area contributed by atoms with Crippen molar-refractivity contribution in [2.24, 2.45) is 0 Å². The fourth-order valence-electron chi connectivity index (χ4n) is 4.97. The summed E-state index contributed by atoms with van der Waals surface area (Å²) in [6.07, 6.45) is -0.954. The van der Waals surface area contributed by atoms with Gasteiger partial charge in [0.15, 0.2) is 0 Å². The highest BCUT2D eigenvalue weighted by Gasteiger charge is 2.51. The quantitative estimate of drug-likeness (QED) is 0.197. The lowest BCUT2D eigenvalue weighted by atomic mass is 10.0. The Morgan fingerprint density at radius 1 is 0.892 bits per heavy atom. The summed E-state index contributed by atoms with van der Waals surface area (Å²) in [5.74, 6) is 0.524. The molecular formula is C30H40N2O3SSi. The van der Waals surface area contributed by atoms with Crippen molar-refractivity contribution in [3.8, 4) is 0 Å². The van der Waals surface area contributed by atoms with Gasteiger partial charge < -0.3 is 15.3 Å². The van der Waals surface area contributed by atoms with Crippen LogP contribution in [0.5, 0.6) is 0 Å². The Kier molecular flexibility index (Phi) is 9.16. The number of benzene rings is 3. The number of anilines is 1. The van der Waals surface area contributed by atoms with Crippen LogP contribution in [0.4, 0.5) is 10.5 Å². The van der Waals surface area contributed by atoms with Gasteiger partial charge in [-0.05, 0) is 48.3 Å². The van der Waals surface area contributed by atoms with E-state index in [1.54, 1.807) is 11.8 Å². The van der Waals surface area contributed by atoms with Gasteiger partial charge in [0.25, 0.3) is 8.32 Å². The largest absolute Gasteiger partial charge is 0.465 e. The number of rotatable bonds is 9. The first-order chi connectivity index (χ1) is 17.4. The van der Waals surface area contributed by atoms with Crippen molar-refractivity contribution in [1.29, 1.82) is 0 Å². The Morgan fingerprint density at radius 3 is 1.81 bits per heavy atom. The molecule has 0 fully saturated rings. The van der Waals surface area contributed by atoms with Gasteiger partial charge in [0.05, 0.1) is 12.6 Å². The maximum Gasteiger partial charge on any atom is 0.408 e. The summed E-state index contributed by atoms with van der Waals surface area (Å²) in [4.78, 5) is 15.1. The Hall–Kier alpha value is -2.74. The number of hydrogen-bond donors (Lipinski definition) is 2. The summed E-state index contributed by atoms with van der Waals surface area (Å²) < 4.78 is 7.16. The molecule has 3 aromatic rings. The Bertz CT molecular complexity index is 1120. The summed E-state index contributed by atoms with van der Waals surface area (Å²) in [7, 11) is -2.82. The molecule has 3 aromatic carbocycles. The summed E-state index contributed by atoms with van der Waals surface area (Å²) in [6, 6.07) is 28.2. The summed E-state index contributed by atoms with van der Waals surface area (Å²) in [5, 5.41) is 12.4. The molecule has 0 radical (unpaired) electrons. The maximum atomic E-state index is 12.6. The van der Waals surface area contributed by atoms with Crippen molar-refractivity contribution in [1.82, 2.24) is 4.90 Å². The third-order valence-corrected chi connectivity index (χ3v) is 12.8. The van der Waals surface area contributed by atoms with Gasteiger partial charge >= 0.3 is 6.09 Å². The number of nitrogens with two attached hydrogens (primary N) is 1. The van der Waals surface area contributed by atoms with Gasteiger partial charge in [-0.1, -0.05) is 93.6 Å². The molecule has 0 saturated carbocycles. The minimum atomic E-state index is -2.82. The lowest BCUT2D eigenvalue weighted by Gasteiger charge is -2.46. The van der Waals surface area contributed by atoms with Gasteiger partial charge in [-0.15, -0.1) is 11.8 Å². The topological polar surface area (TPSA) is 75.8 Å². The van der Waals surface area contributed by atoms with Crippen LogP contribution < -0.4 is 16.1 Å². The monoisotopic (exact) mass is 536 g/mol. The average Bonchev–Trinajstić information content (AvgIpc) is 2.83. The van der Waals surface area contributed by atoms with E-state index in [2.05, 4.69) is 69.3 Å². The van der Waals surface area contributed by atoms with Crippen molar-refractivity contribution in [2.45, 2.75) is 63.1 Å². The molecule has 0 saturated heterocycles. The van der Waals surface area contributed by atoms with Crippen molar-refractivity contribution < 1.29 is 14.3 Å². The zero-order chi connectivity index (χ0) is 27.3. The first kappa shape index (κ1) is 28.8. The first-order valence-corrected chi connectivity index (χ1v) is 15.5. The highest BCUT2D eigenvalue weighted by molar-refractivity contribution is 7.99. The van der Waals surface area contributed by atoms with Gasteiger partial charge in [-0.3, -0.25) is 4.90 Å². The fourth-order valence-corrected chi connectivity index (χ4v) is 10.6. The second kappa shape index (κ2) is 11.8. The normalized spacial score (nSPS) is 13.2. The fraction of sp³-hybridized carbons (Fsp3) is 0.367. The minimum Gasteiger partial charge on any atom is -0.465 e. The predicted molar refractivity (Wildman–Crippen MR) is 159 cm³/mol. The molecular weight excluding hydrogens is 496 g/mol. The molecule has 5 nitrogen and oxygen atoms in total. The molecule has 0 spiro atoms. The molecule has 0 heterocycles. The number of carbonyl (C=O) groups is 1. The van der Waals surface area contributed by atoms with E-state index in [9.17, 15) is 9.90 Å². The number of para-hydroxylation sites is 1. The second-order valence-electron chi connectivity index (χ2n) is 11.3. The Balaban J connectivity index is 2.07. The molecule has 0 aliphatic rings. The third-order valence-electron chi connectivity index (χ3n) is 6.55. The number of amides is 1. The van der Waals surface area contributed by atoms with Crippen LogP contribution in [0, 0.1) is 0 Å². The molecule has 198 valence electrons. The zero-order valence-electron chi connectivity index (χ0n) is 22.8. The Labute approximate surface area is 227 Å². The summed E-state index contributed by atoms with van der Waals surface area (Å²) >= 11 is 1.57. The van der Waals surface area contributed by atoms with Crippen molar-refractivity contribution >= 4 is 42.2 Å². The van der Waals surface area contributed by atoms with Gasteiger partial charge in [-0.25, -0.2) is 4.79 Å². The van der Waals surface area contributed by atoms with Crippen LogP contribution in [0.25, 0.3) is 0 Å². The van der Waals surface area contributed by atoms with Gasteiger partial charge in [0, 0.05) is 21.9 Å². The van der Waals surface area contributed by atoms with Crippen LogP contribution in [0.3, 0.4) is 0 Å². The first-order valence-electron chi connectivity index (χ1n) is 12.6. The number of nitrogen functional groups attached to an aromatic ring is 1. The summed E-state index contributed by atoms with van der Waals surface area (Å²) in [6.45, 7) is 12.7. The van der Waals surface area contributed by atoms with E-state index in [-0.39, 0.29) is 17.7 Å². The Morgan fingerprint density at radius 2 is 1.38 bits per heavy atom. The maximum absolute atomic E-state index is 12.6. The van der Waals surface area contributed by atoms with Crippen LogP contribution in [0.2, 0.25) is 5.04 Å². The van der Waals surface area contributed by atoms with E-state index in [0.29, 0.717) is 11.4 Å². The minimum absolute atomic E-state index is 0.201. The van der Waals surface area contributed by atoms with Crippen molar-refractivity contribution in [3.63, 3.8) is 0 Å². The number of carboxylic acid groups (broad SMARTS) is 1. The standard InChI is InChI=1S/C30H40N2O3SSi/c1-29(2,3)32(28(33)34)23(22-36-27-20-14-13-19-26(27)31)21-35-37(30(4,5)6,24-15-9-7-10-16-24)25-17-11-8-12-18-25/h7-20,23H,21-22,31H2,1-6H3,(H,33,34)/t23-/m1/s1. The van der Waals surface area contributed by atoms with E-state index in [4.69, 9.17) is 10.2 Å². The second-order valence-corrected chi connectivity index (χ2v) is 16.7. The molecule has 1 amide bonds. The highest BCUT2D eigenvalue weighted by atomic mass is 32.2. The smallest absolute Gasteiger partial charge is 0.408 e. The van der Waals surface area contributed by atoms with Gasteiger partial charge in [-0.2, -0.15) is 0 Å². The average molecular weight is 537 g/mol. The van der Waals surface area contributed by atoms with Crippen LogP contribution in [0.15, 0.2) is 89.8 Å². The van der Waals surface area contributed by atoms with Crippen LogP contribution >= 0.6 is 11.8 Å². The molecule has 0 aromatic heterocycles. The lowest BCUT2D eigenvalue weighted by molar-refractivity contribution is 0.0577. The van der Waals surface area contributed by atoms with Crippen molar-refractivity contribution in [3.05, 3.63) is 84.9 Å². The van der Waals surface area contributed by atoms with Crippen LogP contribution in [-0.2, 0) is 4.43 Å². The molecule has 1 atom stereocenters. The van der Waals surface area contributed by atoms with Gasteiger partial charge in [0.2, 0.25) is 0 Å². The molecule has 37 heavy (non-hydrogen) atoms. The molecule has 0 aliphatic carbocycles. The van der Waals surface area contributed by atoms with E-state index in [1.165, 1.54) is 15.3 Å². The van der Waals surface area contributed by atoms with E-state index >= 15 is 0 Å². The molecule has 0 aliphatic heterocycles. The predicted octanol–water partition coefficient (Wildman–Crippen LogP) is 6.08. The lowest BCUT2D eigenvalue weighted by Crippen LogP contribution is -2.68. The van der Waals surface area contributed by atoms with Gasteiger partial charge in [0.1, 0.15) is 0 Å². The molecule has 3 N–H and O–H groups in total. The van der Waals surface area contributed by atoms with Crippen LogP contribution in [-0.4, -0.2) is 48.4 Å². The zero-order valence-corrected chi connectivity index (χ0v) is 24.6. The molecule has 0 unspecified atom stereocenters. The number of nitrogens with zero attached hydrogens (tertiary/aromatic N) is 1. The molecule has 7 heteroatoms. The van der Waals surface area contributed by atoms with E-state index in [0.717, 1.165) is 4.90 Å². The molecule has 3 rings (SSSR count).